The van der Waals surface area contributed by atoms with Crippen LogP contribution in [-0.4, -0.2) is 24.5 Å². The molecule has 0 saturated carbocycles. The van der Waals surface area contributed by atoms with Crippen LogP contribution < -0.4 is 10.6 Å². The monoisotopic (exact) mass is 350 g/mol. The van der Waals surface area contributed by atoms with Crippen molar-refractivity contribution >= 4 is 41.5 Å². The SMILES string of the molecule is CC(C)(Cc1ccc(Cl)cc1Cl)NC(=O)C1CCNC1.Cl. The highest BCUT2D eigenvalue weighted by molar-refractivity contribution is 6.35. The summed E-state index contributed by atoms with van der Waals surface area (Å²) in [6.45, 7) is 5.71. The molecule has 1 amide bonds. The molecule has 6 heteroatoms. The van der Waals surface area contributed by atoms with Gasteiger partial charge in [-0.3, -0.25) is 4.79 Å². The number of nitrogens with one attached hydrogen (secondary N) is 2. The number of amides is 1. The molecule has 1 saturated heterocycles. The van der Waals surface area contributed by atoms with Crippen molar-refractivity contribution in [3.05, 3.63) is 33.8 Å². The van der Waals surface area contributed by atoms with E-state index < -0.39 is 0 Å². The van der Waals surface area contributed by atoms with E-state index in [0.29, 0.717) is 16.5 Å². The normalized spacial score (nSPS) is 18.2. The zero-order chi connectivity index (χ0) is 14.8. The third-order valence-corrected chi connectivity index (χ3v) is 4.13. The lowest BCUT2D eigenvalue weighted by atomic mass is 9.93. The van der Waals surface area contributed by atoms with Crippen molar-refractivity contribution in [2.75, 3.05) is 13.1 Å². The zero-order valence-corrected chi connectivity index (χ0v) is 14.5. The lowest BCUT2D eigenvalue weighted by Gasteiger charge is -2.28. The molecule has 0 aromatic heterocycles. The van der Waals surface area contributed by atoms with Gasteiger partial charge in [0.15, 0.2) is 0 Å². The van der Waals surface area contributed by atoms with Crippen LogP contribution in [0.1, 0.15) is 25.8 Å². The maximum Gasteiger partial charge on any atom is 0.224 e. The summed E-state index contributed by atoms with van der Waals surface area (Å²) in [6, 6.07) is 5.47. The first kappa shape index (κ1) is 18.6. The maximum absolute atomic E-state index is 12.2. The van der Waals surface area contributed by atoms with Gasteiger partial charge in [0, 0.05) is 22.1 Å². The van der Waals surface area contributed by atoms with Crippen LogP contribution in [0.15, 0.2) is 18.2 Å². The molecule has 2 N–H and O–H groups in total. The molecule has 0 spiro atoms. The molecule has 1 aliphatic rings. The summed E-state index contributed by atoms with van der Waals surface area (Å²) in [4.78, 5) is 12.2. The van der Waals surface area contributed by atoms with Crippen molar-refractivity contribution in [2.24, 2.45) is 5.92 Å². The van der Waals surface area contributed by atoms with Crippen molar-refractivity contribution in [2.45, 2.75) is 32.2 Å². The summed E-state index contributed by atoms with van der Waals surface area (Å²) in [6.07, 6.45) is 1.58. The summed E-state index contributed by atoms with van der Waals surface area (Å²) in [5.41, 5.74) is 0.655. The largest absolute Gasteiger partial charge is 0.351 e. The summed E-state index contributed by atoms with van der Waals surface area (Å²) >= 11 is 12.1. The second-order valence-corrected chi connectivity index (χ2v) is 6.82. The van der Waals surface area contributed by atoms with Gasteiger partial charge < -0.3 is 10.6 Å². The maximum atomic E-state index is 12.2. The molecule has 21 heavy (non-hydrogen) atoms. The Morgan fingerprint density at radius 2 is 2.14 bits per heavy atom. The average molecular weight is 352 g/mol. The molecule has 0 bridgehead atoms. The first-order valence-corrected chi connectivity index (χ1v) is 7.60. The van der Waals surface area contributed by atoms with E-state index in [1.165, 1.54) is 0 Å². The number of benzene rings is 1. The number of carbonyl (C=O) groups excluding carboxylic acids is 1. The van der Waals surface area contributed by atoms with Crippen LogP contribution >= 0.6 is 35.6 Å². The fourth-order valence-electron chi connectivity index (χ4n) is 2.50. The quantitative estimate of drug-likeness (QED) is 0.872. The van der Waals surface area contributed by atoms with Gasteiger partial charge in [-0.2, -0.15) is 0 Å². The van der Waals surface area contributed by atoms with E-state index >= 15 is 0 Å². The van der Waals surface area contributed by atoms with Crippen molar-refractivity contribution in [1.29, 1.82) is 0 Å². The predicted molar refractivity (Wildman–Crippen MR) is 90.6 cm³/mol. The minimum Gasteiger partial charge on any atom is -0.351 e. The van der Waals surface area contributed by atoms with E-state index in [2.05, 4.69) is 10.6 Å². The van der Waals surface area contributed by atoms with Crippen LogP contribution in [0, 0.1) is 5.92 Å². The number of rotatable bonds is 4. The molecule has 1 aromatic carbocycles. The van der Waals surface area contributed by atoms with Crippen LogP contribution in [0.3, 0.4) is 0 Å². The smallest absolute Gasteiger partial charge is 0.224 e. The molecule has 1 unspecified atom stereocenters. The van der Waals surface area contributed by atoms with Gasteiger partial charge in [0.25, 0.3) is 0 Å². The van der Waals surface area contributed by atoms with Crippen molar-refractivity contribution in [1.82, 2.24) is 10.6 Å². The molecule has 0 radical (unpaired) electrons. The first-order valence-electron chi connectivity index (χ1n) is 6.84. The lowest BCUT2D eigenvalue weighted by molar-refractivity contribution is -0.126. The van der Waals surface area contributed by atoms with Gasteiger partial charge in [-0.15, -0.1) is 12.4 Å². The van der Waals surface area contributed by atoms with Crippen molar-refractivity contribution < 1.29 is 4.79 Å². The fourth-order valence-corrected chi connectivity index (χ4v) is 2.97. The molecule has 1 aromatic rings. The highest BCUT2D eigenvalue weighted by Crippen LogP contribution is 2.25. The summed E-state index contributed by atoms with van der Waals surface area (Å²) in [7, 11) is 0. The first-order chi connectivity index (χ1) is 9.37. The standard InChI is InChI=1S/C15H20Cl2N2O.ClH/c1-15(2,19-14(20)11-5-6-18-9-11)8-10-3-4-12(16)7-13(10)17;/h3-4,7,11,18H,5-6,8-9H2,1-2H3,(H,19,20);1H. The highest BCUT2D eigenvalue weighted by atomic mass is 35.5. The Hall–Kier alpha value is -0.480. The Labute approximate surface area is 142 Å². The van der Waals surface area contributed by atoms with Crippen LogP contribution in [0.5, 0.6) is 0 Å². The minimum absolute atomic E-state index is 0. The molecule has 2 rings (SSSR count). The molecule has 118 valence electrons. The second kappa shape index (κ2) is 7.68. The molecule has 1 fully saturated rings. The van der Waals surface area contributed by atoms with Gasteiger partial charge >= 0.3 is 0 Å². The van der Waals surface area contributed by atoms with Crippen LogP contribution in [-0.2, 0) is 11.2 Å². The van der Waals surface area contributed by atoms with E-state index in [1.54, 1.807) is 6.07 Å². The summed E-state index contributed by atoms with van der Waals surface area (Å²) in [5, 5.41) is 7.59. The Morgan fingerprint density at radius 1 is 1.43 bits per heavy atom. The van der Waals surface area contributed by atoms with E-state index in [1.807, 2.05) is 26.0 Å². The van der Waals surface area contributed by atoms with Gasteiger partial charge in [-0.05, 0) is 50.9 Å². The van der Waals surface area contributed by atoms with Gasteiger partial charge in [-0.1, -0.05) is 29.3 Å². The molecule has 1 heterocycles. The van der Waals surface area contributed by atoms with Crippen molar-refractivity contribution in [3.8, 4) is 0 Å². The van der Waals surface area contributed by atoms with E-state index in [0.717, 1.165) is 25.1 Å². The third kappa shape index (κ3) is 5.33. The van der Waals surface area contributed by atoms with E-state index in [-0.39, 0.29) is 29.8 Å². The van der Waals surface area contributed by atoms with Crippen molar-refractivity contribution in [3.63, 3.8) is 0 Å². The fraction of sp³-hybridized carbons (Fsp3) is 0.533. The summed E-state index contributed by atoms with van der Waals surface area (Å²) < 4.78 is 0. The molecule has 0 aliphatic carbocycles. The third-order valence-electron chi connectivity index (χ3n) is 3.54. The van der Waals surface area contributed by atoms with Gasteiger partial charge in [0.2, 0.25) is 5.91 Å². The van der Waals surface area contributed by atoms with Crippen LogP contribution in [0.25, 0.3) is 0 Å². The van der Waals surface area contributed by atoms with Crippen LogP contribution in [0.2, 0.25) is 10.0 Å². The Bertz CT molecular complexity index is 500. The predicted octanol–water partition coefficient (Wildman–Crippen LogP) is 3.46. The molecule has 1 atom stereocenters. The molecule has 1 aliphatic heterocycles. The van der Waals surface area contributed by atoms with Gasteiger partial charge in [0.05, 0.1) is 5.92 Å². The Balaban J connectivity index is 0.00000220. The average Bonchev–Trinajstić information content (AvgIpc) is 2.86. The molecular formula is C15H21Cl3N2O. The number of hydrogen-bond donors (Lipinski definition) is 2. The number of halogens is 3. The zero-order valence-electron chi connectivity index (χ0n) is 12.2. The second-order valence-electron chi connectivity index (χ2n) is 5.98. The lowest BCUT2D eigenvalue weighted by Crippen LogP contribution is -2.48. The minimum atomic E-state index is -0.336. The Morgan fingerprint density at radius 3 is 2.71 bits per heavy atom. The van der Waals surface area contributed by atoms with Crippen LogP contribution in [0.4, 0.5) is 0 Å². The topological polar surface area (TPSA) is 41.1 Å². The Kier molecular flexibility index (Phi) is 6.79. The number of carbonyl (C=O) groups is 1. The van der Waals surface area contributed by atoms with Gasteiger partial charge in [-0.25, -0.2) is 0 Å². The highest BCUT2D eigenvalue weighted by Gasteiger charge is 2.28. The number of hydrogen-bond acceptors (Lipinski definition) is 2. The van der Waals surface area contributed by atoms with E-state index in [4.69, 9.17) is 23.2 Å². The van der Waals surface area contributed by atoms with E-state index in [9.17, 15) is 4.79 Å². The molecule has 3 nitrogen and oxygen atoms in total. The molecular weight excluding hydrogens is 331 g/mol. The van der Waals surface area contributed by atoms with Gasteiger partial charge in [0.1, 0.15) is 0 Å². The summed E-state index contributed by atoms with van der Waals surface area (Å²) in [5.74, 6) is 0.194.